The van der Waals surface area contributed by atoms with E-state index in [0.29, 0.717) is 0 Å². The first-order valence-corrected chi connectivity index (χ1v) is 16.2. The molecule has 0 unspecified atom stereocenters. The first-order valence-electron chi connectivity index (χ1n) is 13.2. The minimum absolute atomic E-state index is 0. The molecule has 0 amide bonds. The normalized spacial score (nSPS) is 10.8. The maximum absolute atomic E-state index is 2.23. The van der Waals surface area contributed by atoms with Crippen LogP contribution in [0.1, 0.15) is 0 Å². The van der Waals surface area contributed by atoms with E-state index in [1.165, 1.54) is 63.0 Å². The average Bonchev–Trinajstić information content (AvgIpc) is 3.69. The minimum Gasteiger partial charge on any atom is -0.123 e. The van der Waals surface area contributed by atoms with E-state index >= 15 is 0 Å². The van der Waals surface area contributed by atoms with Crippen LogP contribution in [0.5, 0.6) is 0 Å². The van der Waals surface area contributed by atoms with E-state index in [1.807, 2.05) is 0 Å². The molecule has 0 N–H and O–H groups in total. The molecule has 3 heterocycles. The number of fused-ring (bicyclic) bond motifs is 9. The Hall–Kier alpha value is -3.16. The molecule has 0 saturated heterocycles. The molecule has 1 radical (unpaired) electrons. The minimum atomic E-state index is 0. The molecule has 9 aromatic rings. The van der Waals surface area contributed by atoms with Crippen LogP contribution in [0, 0.1) is 0 Å². The van der Waals surface area contributed by atoms with Crippen LogP contribution >= 0.6 is 24.6 Å². The van der Waals surface area contributed by atoms with Crippen molar-refractivity contribution in [2.75, 3.05) is 0 Å². The fourth-order valence-electron chi connectivity index (χ4n) is 5.40. The number of rotatable bonds is 0. The Balaban J connectivity index is 0.000000107. The molecule has 0 saturated carbocycles. The third-order valence-corrected chi connectivity index (χ3v) is 11.5. The van der Waals surface area contributed by atoms with Crippen molar-refractivity contribution in [3.8, 4) is 0 Å². The van der Waals surface area contributed by atoms with Crippen LogP contribution < -0.4 is 0 Å². The smallest absolute Gasteiger partial charge is 0.000604 e. The molecule has 0 bridgehead atoms. The van der Waals surface area contributed by atoms with Crippen LogP contribution in [0.4, 0.5) is 0 Å². The van der Waals surface area contributed by atoms with Crippen LogP contribution in [-0.2, 0) is 19.5 Å². The van der Waals surface area contributed by atoms with Gasteiger partial charge in [0.15, 0.2) is 0 Å². The molecule has 0 nitrogen and oxygen atoms in total. The van der Waals surface area contributed by atoms with Crippen molar-refractivity contribution >= 4 is 87.6 Å². The largest absolute Gasteiger partial charge is 0.123 e. The summed E-state index contributed by atoms with van der Waals surface area (Å²) >= 11 is 0. The predicted molar refractivity (Wildman–Crippen MR) is 184 cm³/mol. The maximum atomic E-state index is 2.23. The predicted octanol–water partition coefficient (Wildman–Crippen LogP) is 11.8. The van der Waals surface area contributed by atoms with Crippen molar-refractivity contribution in [2.45, 2.75) is 0 Å². The third-order valence-electron chi connectivity index (χ3n) is 7.24. The fourth-order valence-corrected chi connectivity index (χ4v) is 9.46. The summed E-state index contributed by atoms with van der Waals surface area (Å²) in [6.07, 6.45) is 0. The number of hydrogen-bond acceptors (Lipinski definition) is 0. The molecule has 6 aromatic carbocycles. The summed E-state index contributed by atoms with van der Waals surface area (Å²) in [4.78, 5) is 0. The summed E-state index contributed by atoms with van der Waals surface area (Å²) in [5, 5.41) is 17.5. The van der Waals surface area contributed by atoms with E-state index in [-0.39, 0.29) is 19.5 Å². The van der Waals surface area contributed by atoms with Gasteiger partial charge in [-0.1, -0.05) is 146 Å². The van der Waals surface area contributed by atoms with E-state index in [0.717, 1.165) is 24.6 Å². The zero-order valence-corrected chi connectivity index (χ0v) is 26.4. The molecule has 196 valence electrons. The molecule has 4 heteroatoms. The Kier molecular flexibility index (Phi) is 8.21. The summed E-state index contributed by atoms with van der Waals surface area (Å²) in [5.74, 6) is 0. The van der Waals surface area contributed by atoms with Crippen molar-refractivity contribution in [2.24, 2.45) is 0 Å². The molecular formula is C36H28P3Rh. The topological polar surface area (TPSA) is 0 Å². The third kappa shape index (κ3) is 5.29. The van der Waals surface area contributed by atoms with Gasteiger partial charge in [0.25, 0.3) is 0 Å². The van der Waals surface area contributed by atoms with Gasteiger partial charge in [0, 0.05) is 0 Å². The molecule has 0 aliphatic rings. The standard InChI is InChI=1S/3C12H9P.Rh.H/c3*1-3-7-11-9(5-1)10-6-2-4-8-12(10)13-11;;/h3*1-8,13H;;. The number of benzene rings is 6. The zero-order chi connectivity index (χ0) is 26.0. The molecule has 9 rings (SSSR count). The van der Waals surface area contributed by atoms with Crippen molar-refractivity contribution in [1.29, 1.82) is 0 Å². The molecule has 0 aliphatic carbocycles. The van der Waals surface area contributed by atoms with Crippen LogP contribution in [0.25, 0.3) is 63.0 Å². The Morgan fingerprint density at radius 2 is 0.375 bits per heavy atom. The van der Waals surface area contributed by atoms with Crippen LogP contribution in [0.3, 0.4) is 0 Å². The Bertz CT molecular complexity index is 1800. The van der Waals surface area contributed by atoms with Gasteiger partial charge in [-0.15, -0.1) is 24.6 Å². The number of hydrogen-bond donors (Lipinski definition) is 0. The first kappa shape index (κ1) is 27.0. The van der Waals surface area contributed by atoms with Gasteiger partial charge in [0.05, 0.1) is 0 Å². The van der Waals surface area contributed by atoms with Crippen molar-refractivity contribution in [3.05, 3.63) is 146 Å². The Labute approximate surface area is 251 Å². The van der Waals surface area contributed by atoms with E-state index in [9.17, 15) is 0 Å². The molecule has 0 spiro atoms. The van der Waals surface area contributed by atoms with E-state index in [1.54, 1.807) is 0 Å². The molecular weight excluding hydrogens is 628 g/mol. The fraction of sp³-hybridized carbons (Fsp3) is 0. The zero-order valence-electron chi connectivity index (χ0n) is 21.7. The Morgan fingerprint density at radius 3 is 0.550 bits per heavy atom. The van der Waals surface area contributed by atoms with E-state index in [4.69, 9.17) is 0 Å². The average molecular weight is 656 g/mol. The van der Waals surface area contributed by atoms with E-state index in [2.05, 4.69) is 146 Å². The Morgan fingerprint density at radius 1 is 0.225 bits per heavy atom. The van der Waals surface area contributed by atoms with Gasteiger partial charge in [-0.3, -0.25) is 0 Å². The van der Waals surface area contributed by atoms with E-state index < -0.39 is 0 Å². The van der Waals surface area contributed by atoms with Gasteiger partial charge < -0.3 is 0 Å². The molecule has 3 aromatic heterocycles. The van der Waals surface area contributed by atoms with Gasteiger partial charge in [-0.2, -0.15) is 0 Å². The van der Waals surface area contributed by atoms with Crippen molar-refractivity contribution in [3.63, 3.8) is 0 Å². The second-order valence-corrected chi connectivity index (χ2v) is 13.6. The van der Waals surface area contributed by atoms with Gasteiger partial charge in [0.2, 0.25) is 0 Å². The second-order valence-electron chi connectivity index (χ2n) is 9.65. The van der Waals surface area contributed by atoms with Gasteiger partial charge >= 0.3 is 19.5 Å². The van der Waals surface area contributed by atoms with Crippen molar-refractivity contribution < 1.29 is 19.5 Å². The molecule has 40 heavy (non-hydrogen) atoms. The summed E-state index contributed by atoms with van der Waals surface area (Å²) in [5.41, 5.74) is 0. The van der Waals surface area contributed by atoms with Gasteiger partial charge in [-0.05, 0) is 63.0 Å². The van der Waals surface area contributed by atoms with Crippen LogP contribution in [0.15, 0.2) is 146 Å². The molecule has 0 atom stereocenters. The summed E-state index contributed by atoms with van der Waals surface area (Å²) < 4.78 is 0. The quantitative estimate of drug-likeness (QED) is 0.143. The second kappa shape index (κ2) is 12.2. The van der Waals surface area contributed by atoms with Crippen LogP contribution in [-0.4, -0.2) is 0 Å². The van der Waals surface area contributed by atoms with Gasteiger partial charge in [0.1, 0.15) is 0 Å². The summed E-state index contributed by atoms with van der Waals surface area (Å²) in [6, 6.07) is 52.1. The first-order chi connectivity index (χ1) is 19.3. The molecule has 0 aliphatic heterocycles. The van der Waals surface area contributed by atoms with Crippen molar-refractivity contribution in [1.82, 2.24) is 0 Å². The monoisotopic (exact) mass is 656 g/mol. The van der Waals surface area contributed by atoms with Crippen LogP contribution in [0.2, 0.25) is 0 Å². The summed E-state index contributed by atoms with van der Waals surface area (Å²) in [7, 11) is 2.55. The summed E-state index contributed by atoms with van der Waals surface area (Å²) in [6.45, 7) is 0. The molecule has 0 fully saturated rings. The maximum Gasteiger partial charge on any atom is -0.000604 e. The van der Waals surface area contributed by atoms with Gasteiger partial charge in [-0.25, -0.2) is 0 Å². The SMILES string of the molecule is [RhH].c1ccc2c(c1)[pH]c1ccccc12.c1ccc2c(c1)[pH]c1ccccc12.c1ccc2c(c1)[pH]c1ccccc12.